The minimum absolute atomic E-state index is 0.122. The lowest BCUT2D eigenvalue weighted by atomic mass is 10.1. The van der Waals surface area contributed by atoms with E-state index in [2.05, 4.69) is 34.3 Å². The SMILES string of the molecule is OC[C@H](Cc1ccccc1)NCc1ccsc1. The van der Waals surface area contributed by atoms with E-state index in [1.807, 2.05) is 18.2 Å². The van der Waals surface area contributed by atoms with Gasteiger partial charge in [0.1, 0.15) is 0 Å². The van der Waals surface area contributed by atoms with Crippen molar-refractivity contribution in [1.82, 2.24) is 5.32 Å². The number of nitrogens with one attached hydrogen (secondary N) is 1. The van der Waals surface area contributed by atoms with E-state index in [1.165, 1.54) is 11.1 Å². The Labute approximate surface area is 106 Å². The molecule has 0 unspecified atom stereocenters. The molecule has 0 spiro atoms. The summed E-state index contributed by atoms with van der Waals surface area (Å²) in [6, 6.07) is 12.5. The number of rotatable bonds is 6. The van der Waals surface area contributed by atoms with Gasteiger partial charge in [-0.3, -0.25) is 0 Å². The lowest BCUT2D eigenvalue weighted by Gasteiger charge is -2.15. The van der Waals surface area contributed by atoms with Crippen molar-refractivity contribution in [2.45, 2.75) is 19.0 Å². The molecule has 2 nitrogen and oxygen atoms in total. The van der Waals surface area contributed by atoms with E-state index in [-0.39, 0.29) is 12.6 Å². The van der Waals surface area contributed by atoms with Gasteiger partial charge in [-0.05, 0) is 34.4 Å². The van der Waals surface area contributed by atoms with E-state index in [4.69, 9.17) is 0 Å². The summed E-state index contributed by atoms with van der Waals surface area (Å²) in [4.78, 5) is 0. The van der Waals surface area contributed by atoms with Gasteiger partial charge < -0.3 is 10.4 Å². The third kappa shape index (κ3) is 3.97. The largest absolute Gasteiger partial charge is 0.395 e. The van der Waals surface area contributed by atoms with Gasteiger partial charge in [-0.15, -0.1) is 0 Å². The Kier molecular flexibility index (Phi) is 4.74. The first-order chi connectivity index (χ1) is 8.38. The molecule has 1 atom stereocenters. The molecule has 0 aliphatic carbocycles. The van der Waals surface area contributed by atoms with Gasteiger partial charge in [-0.2, -0.15) is 11.3 Å². The molecular formula is C14H17NOS. The van der Waals surface area contributed by atoms with Crippen molar-refractivity contribution in [2.75, 3.05) is 6.61 Å². The summed E-state index contributed by atoms with van der Waals surface area (Å²) < 4.78 is 0. The first-order valence-corrected chi connectivity index (χ1v) is 6.72. The van der Waals surface area contributed by atoms with E-state index >= 15 is 0 Å². The van der Waals surface area contributed by atoms with E-state index in [1.54, 1.807) is 11.3 Å². The maximum atomic E-state index is 9.36. The molecule has 0 amide bonds. The minimum Gasteiger partial charge on any atom is -0.395 e. The lowest BCUT2D eigenvalue weighted by Crippen LogP contribution is -2.33. The van der Waals surface area contributed by atoms with Crippen molar-refractivity contribution >= 4 is 11.3 Å². The first kappa shape index (κ1) is 12.3. The molecule has 2 N–H and O–H groups in total. The Bertz CT molecular complexity index is 413. The maximum absolute atomic E-state index is 9.36. The first-order valence-electron chi connectivity index (χ1n) is 5.77. The molecule has 0 radical (unpaired) electrons. The van der Waals surface area contributed by atoms with Gasteiger partial charge in [0, 0.05) is 12.6 Å². The molecule has 90 valence electrons. The van der Waals surface area contributed by atoms with Gasteiger partial charge >= 0.3 is 0 Å². The molecule has 0 saturated heterocycles. The average molecular weight is 247 g/mol. The van der Waals surface area contributed by atoms with Crippen molar-refractivity contribution in [3.63, 3.8) is 0 Å². The summed E-state index contributed by atoms with van der Waals surface area (Å²) in [5.41, 5.74) is 2.53. The Morgan fingerprint density at radius 1 is 1.12 bits per heavy atom. The predicted octanol–water partition coefficient (Wildman–Crippen LogP) is 2.44. The number of thiophene rings is 1. The fourth-order valence-electron chi connectivity index (χ4n) is 1.76. The molecule has 2 rings (SSSR count). The summed E-state index contributed by atoms with van der Waals surface area (Å²) in [7, 11) is 0. The fourth-order valence-corrected chi connectivity index (χ4v) is 2.42. The summed E-state index contributed by atoms with van der Waals surface area (Å²) >= 11 is 1.70. The van der Waals surface area contributed by atoms with Gasteiger partial charge in [0.05, 0.1) is 6.61 Å². The molecule has 0 aliphatic rings. The molecule has 0 fully saturated rings. The fraction of sp³-hybridized carbons (Fsp3) is 0.286. The van der Waals surface area contributed by atoms with Crippen LogP contribution in [0, 0.1) is 0 Å². The van der Waals surface area contributed by atoms with Gasteiger partial charge in [0.15, 0.2) is 0 Å². The molecule has 1 heterocycles. The van der Waals surface area contributed by atoms with Crippen molar-refractivity contribution < 1.29 is 5.11 Å². The van der Waals surface area contributed by atoms with Crippen LogP contribution in [0.15, 0.2) is 47.2 Å². The molecule has 1 aromatic carbocycles. The van der Waals surface area contributed by atoms with Crippen LogP contribution in [-0.2, 0) is 13.0 Å². The van der Waals surface area contributed by atoms with E-state index in [0.29, 0.717) is 0 Å². The van der Waals surface area contributed by atoms with Crippen LogP contribution in [0.5, 0.6) is 0 Å². The molecule has 1 aromatic heterocycles. The number of aliphatic hydroxyl groups excluding tert-OH is 1. The van der Waals surface area contributed by atoms with Crippen LogP contribution in [0.1, 0.15) is 11.1 Å². The number of benzene rings is 1. The molecule has 0 saturated carbocycles. The number of hydrogen-bond acceptors (Lipinski definition) is 3. The summed E-state index contributed by atoms with van der Waals surface area (Å²) in [6.07, 6.45) is 0.863. The van der Waals surface area contributed by atoms with Crippen molar-refractivity contribution in [3.05, 3.63) is 58.3 Å². The quantitative estimate of drug-likeness (QED) is 0.822. The zero-order valence-electron chi connectivity index (χ0n) is 9.67. The van der Waals surface area contributed by atoms with E-state index in [0.717, 1.165) is 13.0 Å². The Morgan fingerprint density at radius 2 is 1.94 bits per heavy atom. The van der Waals surface area contributed by atoms with Gasteiger partial charge in [0.2, 0.25) is 0 Å². The molecular weight excluding hydrogens is 230 g/mol. The number of aliphatic hydroxyl groups is 1. The molecule has 0 bridgehead atoms. The van der Waals surface area contributed by atoms with E-state index in [9.17, 15) is 5.11 Å². The summed E-state index contributed by atoms with van der Waals surface area (Å²) in [5, 5.41) is 16.9. The monoisotopic (exact) mass is 247 g/mol. The molecule has 0 aliphatic heterocycles. The predicted molar refractivity (Wildman–Crippen MR) is 72.2 cm³/mol. The highest BCUT2D eigenvalue weighted by molar-refractivity contribution is 7.07. The standard InChI is InChI=1S/C14H17NOS/c16-10-14(8-12-4-2-1-3-5-12)15-9-13-6-7-17-11-13/h1-7,11,14-16H,8-10H2/t14-/m0/s1. The van der Waals surface area contributed by atoms with Crippen molar-refractivity contribution in [3.8, 4) is 0 Å². The van der Waals surface area contributed by atoms with Crippen molar-refractivity contribution in [2.24, 2.45) is 0 Å². The highest BCUT2D eigenvalue weighted by atomic mass is 32.1. The smallest absolute Gasteiger partial charge is 0.0587 e. The highest BCUT2D eigenvalue weighted by Gasteiger charge is 2.07. The normalized spacial score (nSPS) is 12.5. The van der Waals surface area contributed by atoms with Crippen LogP contribution in [-0.4, -0.2) is 17.8 Å². The van der Waals surface area contributed by atoms with Crippen LogP contribution in [0.3, 0.4) is 0 Å². The van der Waals surface area contributed by atoms with Crippen LogP contribution in [0.25, 0.3) is 0 Å². The maximum Gasteiger partial charge on any atom is 0.0587 e. The minimum atomic E-state index is 0.122. The van der Waals surface area contributed by atoms with Crippen LogP contribution < -0.4 is 5.32 Å². The Balaban J connectivity index is 1.85. The molecule has 17 heavy (non-hydrogen) atoms. The van der Waals surface area contributed by atoms with Crippen molar-refractivity contribution in [1.29, 1.82) is 0 Å². The van der Waals surface area contributed by atoms with Crippen LogP contribution in [0.4, 0.5) is 0 Å². The highest BCUT2D eigenvalue weighted by Crippen LogP contribution is 2.07. The third-order valence-corrected chi connectivity index (χ3v) is 3.45. The lowest BCUT2D eigenvalue weighted by molar-refractivity contribution is 0.241. The second-order valence-electron chi connectivity index (χ2n) is 4.08. The average Bonchev–Trinajstić information content (AvgIpc) is 2.89. The summed E-state index contributed by atoms with van der Waals surface area (Å²) in [6.45, 7) is 0.987. The summed E-state index contributed by atoms with van der Waals surface area (Å²) in [5.74, 6) is 0. The zero-order chi connectivity index (χ0) is 11.9. The molecule has 2 aromatic rings. The van der Waals surface area contributed by atoms with Crippen LogP contribution in [0.2, 0.25) is 0 Å². The second kappa shape index (κ2) is 6.55. The van der Waals surface area contributed by atoms with Gasteiger partial charge in [-0.25, -0.2) is 0 Å². The third-order valence-electron chi connectivity index (χ3n) is 2.72. The van der Waals surface area contributed by atoms with E-state index < -0.39 is 0 Å². The topological polar surface area (TPSA) is 32.3 Å². The Hall–Kier alpha value is -1.16. The Morgan fingerprint density at radius 3 is 2.59 bits per heavy atom. The molecule has 3 heteroatoms. The second-order valence-corrected chi connectivity index (χ2v) is 4.86. The van der Waals surface area contributed by atoms with Gasteiger partial charge in [-0.1, -0.05) is 30.3 Å². The number of hydrogen-bond donors (Lipinski definition) is 2. The van der Waals surface area contributed by atoms with Crippen LogP contribution >= 0.6 is 11.3 Å². The zero-order valence-corrected chi connectivity index (χ0v) is 10.5. The van der Waals surface area contributed by atoms with Gasteiger partial charge in [0.25, 0.3) is 0 Å².